The van der Waals surface area contributed by atoms with Gasteiger partial charge in [-0.3, -0.25) is 14.4 Å². The minimum Gasteiger partial charge on any atom is -0.396 e. The molecule has 2 N–H and O–H groups in total. The molecule has 0 unspecified atom stereocenters. The minimum absolute atomic E-state index is 0.0160. The molecule has 0 saturated carbocycles. The Morgan fingerprint density at radius 1 is 0.800 bits per heavy atom. The van der Waals surface area contributed by atoms with E-state index < -0.39 is 11.9 Å². The first kappa shape index (κ1) is 34.0. The maximum atomic E-state index is 13.1. The third kappa shape index (κ3) is 18.9. The van der Waals surface area contributed by atoms with Crippen LogP contribution in [0, 0.1) is 25.5 Å². The molecule has 6 nitrogen and oxygen atoms in total. The molecule has 2 aromatic carbocycles. The van der Waals surface area contributed by atoms with Crippen molar-refractivity contribution in [3.63, 3.8) is 0 Å². The molecular formula is C27H40F2N2O4. The molecule has 2 aromatic rings. The molecule has 0 aromatic heterocycles. The van der Waals surface area contributed by atoms with Crippen molar-refractivity contribution in [2.75, 3.05) is 25.4 Å². The summed E-state index contributed by atoms with van der Waals surface area (Å²) >= 11 is 0. The molecule has 35 heavy (non-hydrogen) atoms. The van der Waals surface area contributed by atoms with Crippen molar-refractivity contribution in [2.24, 2.45) is 0 Å². The molecule has 8 heteroatoms. The fourth-order valence-corrected chi connectivity index (χ4v) is 2.57. The summed E-state index contributed by atoms with van der Waals surface area (Å²) in [5, 5.41) is 0. The van der Waals surface area contributed by atoms with Crippen LogP contribution in [-0.2, 0) is 25.5 Å². The topological polar surface area (TPSA) is 89.7 Å². The van der Waals surface area contributed by atoms with Crippen LogP contribution in [0.25, 0.3) is 0 Å². The largest absolute Gasteiger partial charge is 0.396 e. The quantitative estimate of drug-likeness (QED) is 0.339. The average Bonchev–Trinajstić information content (AvgIpc) is 2.74. The molecular weight excluding hydrogens is 454 g/mol. The molecule has 0 heterocycles. The molecule has 196 valence electrons. The summed E-state index contributed by atoms with van der Waals surface area (Å²) < 4.78 is 29.5. The lowest BCUT2D eigenvalue weighted by Crippen LogP contribution is -2.21. The highest BCUT2D eigenvalue weighted by Gasteiger charge is 2.03. The summed E-state index contributed by atoms with van der Waals surface area (Å²) in [5.41, 5.74) is 7.67. The van der Waals surface area contributed by atoms with Crippen molar-refractivity contribution >= 4 is 23.4 Å². The third-order valence-corrected chi connectivity index (χ3v) is 4.43. The normalized spacial score (nSPS) is 9.46. The molecule has 2 rings (SSSR count). The van der Waals surface area contributed by atoms with Gasteiger partial charge in [0.15, 0.2) is 0 Å². The van der Waals surface area contributed by atoms with Crippen LogP contribution in [0.3, 0.4) is 0 Å². The van der Waals surface area contributed by atoms with Crippen molar-refractivity contribution < 1.29 is 27.9 Å². The SMILES string of the molecule is CC(=O)Cc1ccc(C)cc1F.CC(=O)OC(C)=O.CCN(CC)CC.Cc1ccc(N)c(F)c1. The average molecular weight is 495 g/mol. The summed E-state index contributed by atoms with van der Waals surface area (Å²) in [6.45, 7) is 17.6. The molecule has 0 amide bonds. The Kier molecular flexibility index (Phi) is 18.7. The zero-order chi connectivity index (χ0) is 27.6. The van der Waals surface area contributed by atoms with Gasteiger partial charge in [-0.25, -0.2) is 8.78 Å². The van der Waals surface area contributed by atoms with E-state index in [-0.39, 0.29) is 29.5 Å². The van der Waals surface area contributed by atoms with Gasteiger partial charge in [-0.05, 0) is 75.3 Å². The second kappa shape index (κ2) is 19.2. The molecule has 0 atom stereocenters. The summed E-state index contributed by atoms with van der Waals surface area (Å²) in [6.07, 6.45) is 0.187. The molecule has 0 aliphatic rings. The van der Waals surface area contributed by atoms with Gasteiger partial charge in [-0.1, -0.05) is 39.0 Å². The van der Waals surface area contributed by atoms with Gasteiger partial charge in [-0.15, -0.1) is 0 Å². The van der Waals surface area contributed by atoms with Gasteiger partial charge in [0.25, 0.3) is 0 Å². The van der Waals surface area contributed by atoms with E-state index in [4.69, 9.17) is 5.73 Å². The predicted octanol–water partition coefficient (Wildman–Crippen LogP) is 5.43. The maximum absolute atomic E-state index is 13.1. The fourth-order valence-electron chi connectivity index (χ4n) is 2.57. The van der Waals surface area contributed by atoms with Gasteiger partial charge in [0.2, 0.25) is 0 Å². The van der Waals surface area contributed by atoms with E-state index in [2.05, 4.69) is 30.4 Å². The molecule has 0 aliphatic heterocycles. The van der Waals surface area contributed by atoms with Gasteiger partial charge in [0.1, 0.15) is 17.4 Å². The van der Waals surface area contributed by atoms with Crippen molar-refractivity contribution in [1.29, 1.82) is 0 Å². The minimum atomic E-state index is -0.562. The van der Waals surface area contributed by atoms with E-state index >= 15 is 0 Å². The van der Waals surface area contributed by atoms with Crippen LogP contribution >= 0.6 is 0 Å². The van der Waals surface area contributed by atoms with Crippen LogP contribution in [0.15, 0.2) is 36.4 Å². The van der Waals surface area contributed by atoms with Gasteiger partial charge >= 0.3 is 11.9 Å². The summed E-state index contributed by atoms with van der Waals surface area (Å²) in [4.78, 5) is 32.7. The van der Waals surface area contributed by atoms with E-state index in [9.17, 15) is 23.2 Å². The number of aryl methyl sites for hydroxylation is 2. The first-order chi connectivity index (χ1) is 16.3. The summed E-state index contributed by atoms with van der Waals surface area (Å²) in [6, 6.07) is 9.66. The smallest absolute Gasteiger partial charge is 0.310 e. The van der Waals surface area contributed by atoms with Crippen LogP contribution in [-0.4, -0.2) is 42.3 Å². The molecule has 0 fully saturated rings. The van der Waals surface area contributed by atoms with E-state index in [0.29, 0.717) is 5.56 Å². The van der Waals surface area contributed by atoms with Crippen molar-refractivity contribution in [1.82, 2.24) is 4.90 Å². The van der Waals surface area contributed by atoms with E-state index in [1.807, 2.05) is 13.8 Å². The highest BCUT2D eigenvalue weighted by Crippen LogP contribution is 2.11. The Hall–Kier alpha value is -3.13. The zero-order valence-corrected chi connectivity index (χ0v) is 22.2. The van der Waals surface area contributed by atoms with E-state index in [1.54, 1.807) is 24.3 Å². The van der Waals surface area contributed by atoms with Crippen LogP contribution in [0.5, 0.6) is 0 Å². The van der Waals surface area contributed by atoms with Gasteiger partial charge in [-0.2, -0.15) is 0 Å². The lowest BCUT2D eigenvalue weighted by Gasteiger charge is -2.13. The number of carbonyl (C=O) groups excluding carboxylic acids is 3. The van der Waals surface area contributed by atoms with Gasteiger partial charge in [0, 0.05) is 20.3 Å². The number of anilines is 1. The number of halogens is 2. The monoisotopic (exact) mass is 494 g/mol. The molecule has 0 spiro atoms. The first-order valence-electron chi connectivity index (χ1n) is 11.4. The number of ether oxygens (including phenoxy) is 1. The number of hydrogen-bond donors (Lipinski definition) is 1. The fraction of sp³-hybridized carbons (Fsp3) is 0.444. The summed E-state index contributed by atoms with van der Waals surface area (Å²) in [5.74, 6) is -1.77. The number of hydrogen-bond acceptors (Lipinski definition) is 6. The number of nitrogen functional groups attached to an aromatic ring is 1. The number of carbonyl (C=O) groups is 3. The second-order valence-corrected chi connectivity index (χ2v) is 7.70. The van der Waals surface area contributed by atoms with E-state index in [0.717, 1.165) is 11.1 Å². The van der Waals surface area contributed by atoms with Gasteiger partial charge in [0.05, 0.1) is 5.69 Å². The molecule has 0 saturated heterocycles. The Morgan fingerprint density at radius 3 is 1.49 bits per heavy atom. The number of esters is 2. The first-order valence-corrected chi connectivity index (χ1v) is 11.4. The Morgan fingerprint density at radius 2 is 1.23 bits per heavy atom. The van der Waals surface area contributed by atoms with Gasteiger partial charge < -0.3 is 15.4 Å². The van der Waals surface area contributed by atoms with E-state index in [1.165, 1.54) is 52.5 Å². The third-order valence-electron chi connectivity index (χ3n) is 4.43. The standard InChI is InChI=1S/C10H11FO.C7H8FN.C6H15N.C4H6O3/c1-7-3-4-9(6-8(2)12)10(11)5-7;1-5-2-3-7(9)6(8)4-5;1-4-7(5-2)6-3;1-3(5)7-4(2)6/h3-5H,6H2,1-2H3;2-4H,9H2,1H3;4-6H2,1-3H3;1-2H3. The van der Waals surface area contributed by atoms with Crippen LogP contribution < -0.4 is 5.73 Å². The van der Waals surface area contributed by atoms with Crippen LogP contribution in [0.4, 0.5) is 14.5 Å². The number of Topliss-reactive ketones (excluding diaryl/α,β-unsaturated/α-hetero) is 1. The van der Waals surface area contributed by atoms with Crippen molar-refractivity contribution in [3.8, 4) is 0 Å². The van der Waals surface area contributed by atoms with Crippen molar-refractivity contribution in [2.45, 2.75) is 61.8 Å². The number of rotatable bonds is 5. The lowest BCUT2D eigenvalue weighted by atomic mass is 10.1. The highest BCUT2D eigenvalue weighted by molar-refractivity contribution is 5.82. The number of benzene rings is 2. The number of nitrogens with two attached hydrogens (primary N) is 1. The van der Waals surface area contributed by atoms with Crippen LogP contribution in [0.1, 0.15) is 58.2 Å². The molecule has 0 aliphatic carbocycles. The van der Waals surface area contributed by atoms with Crippen LogP contribution in [0.2, 0.25) is 0 Å². The highest BCUT2D eigenvalue weighted by atomic mass is 19.1. The maximum Gasteiger partial charge on any atom is 0.310 e. The Labute approximate surface area is 208 Å². The lowest BCUT2D eigenvalue weighted by molar-refractivity contribution is -0.156. The van der Waals surface area contributed by atoms with Crippen molar-refractivity contribution in [3.05, 3.63) is 64.7 Å². The zero-order valence-electron chi connectivity index (χ0n) is 22.2. The molecule has 0 bridgehead atoms. The number of nitrogens with zero attached hydrogens (tertiary/aromatic N) is 1. The molecule has 0 radical (unpaired) electrons. The second-order valence-electron chi connectivity index (χ2n) is 7.70. The Balaban J connectivity index is 0. The number of ketones is 1. The Bertz CT molecular complexity index is 912. The summed E-state index contributed by atoms with van der Waals surface area (Å²) in [7, 11) is 0. The predicted molar refractivity (Wildman–Crippen MR) is 137 cm³/mol.